The van der Waals surface area contributed by atoms with Gasteiger partial charge in [0.2, 0.25) is 15.9 Å². The molecule has 0 spiro atoms. The Morgan fingerprint density at radius 1 is 1.23 bits per heavy atom. The summed E-state index contributed by atoms with van der Waals surface area (Å²) in [6, 6.07) is 6.70. The summed E-state index contributed by atoms with van der Waals surface area (Å²) < 4.78 is 32.0. The summed E-state index contributed by atoms with van der Waals surface area (Å²) in [4.78, 5) is 12.1. The maximum Gasteiger partial charge on any atom is 0.237 e. The van der Waals surface area contributed by atoms with Crippen molar-refractivity contribution in [3.05, 3.63) is 35.4 Å². The number of sulfonamides is 1. The van der Waals surface area contributed by atoms with Crippen LogP contribution in [0, 0.1) is 5.92 Å². The minimum Gasteiger partial charge on any atom is -0.379 e. The third-order valence-electron chi connectivity index (χ3n) is 4.33. The van der Waals surface area contributed by atoms with Crippen molar-refractivity contribution in [1.82, 2.24) is 9.62 Å². The van der Waals surface area contributed by atoms with Crippen LogP contribution in [0.25, 0.3) is 0 Å². The molecule has 2 rings (SSSR count). The number of hydrogen-bond acceptors (Lipinski definition) is 5. The van der Waals surface area contributed by atoms with Crippen LogP contribution < -0.4 is 11.1 Å². The Bertz CT molecular complexity index is 700. The third-order valence-corrected chi connectivity index (χ3v) is 6.16. The monoisotopic (exact) mass is 383 g/mol. The lowest BCUT2D eigenvalue weighted by Gasteiger charge is -2.26. The second-order valence-corrected chi connectivity index (χ2v) is 8.96. The Labute approximate surface area is 155 Å². The normalized spacial score (nSPS) is 17.2. The number of carbonyl (C=O) groups is 1. The highest BCUT2D eigenvalue weighted by atomic mass is 32.2. The van der Waals surface area contributed by atoms with Crippen molar-refractivity contribution < 1.29 is 17.9 Å². The van der Waals surface area contributed by atoms with Gasteiger partial charge in [0.25, 0.3) is 0 Å². The number of nitrogens with one attached hydrogen (secondary N) is 1. The Morgan fingerprint density at radius 2 is 1.85 bits per heavy atom. The van der Waals surface area contributed by atoms with Gasteiger partial charge in [-0.15, -0.1) is 0 Å². The molecule has 1 fully saturated rings. The van der Waals surface area contributed by atoms with Crippen LogP contribution in [0.15, 0.2) is 24.3 Å². The number of carbonyl (C=O) groups excluding carboxylic acids is 1. The van der Waals surface area contributed by atoms with Gasteiger partial charge >= 0.3 is 0 Å². The molecule has 1 heterocycles. The first-order chi connectivity index (χ1) is 12.3. The van der Waals surface area contributed by atoms with E-state index in [0.717, 1.165) is 5.56 Å². The smallest absolute Gasteiger partial charge is 0.237 e. The van der Waals surface area contributed by atoms with E-state index < -0.39 is 16.1 Å². The van der Waals surface area contributed by atoms with Crippen molar-refractivity contribution in [2.45, 2.75) is 38.6 Å². The average molecular weight is 384 g/mol. The van der Waals surface area contributed by atoms with Crippen LogP contribution in [0.4, 0.5) is 0 Å². The van der Waals surface area contributed by atoms with Crippen LogP contribution in [0.2, 0.25) is 0 Å². The van der Waals surface area contributed by atoms with Gasteiger partial charge in [0, 0.05) is 19.6 Å². The van der Waals surface area contributed by atoms with Crippen molar-refractivity contribution in [1.29, 1.82) is 0 Å². The van der Waals surface area contributed by atoms with Crippen molar-refractivity contribution in [3.8, 4) is 0 Å². The van der Waals surface area contributed by atoms with E-state index in [0.29, 0.717) is 44.2 Å². The van der Waals surface area contributed by atoms with Crippen molar-refractivity contribution >= 4 is 15.9 Å². The zero-order chi connectivity index (χ0) is 19.2. The number of rotatable bonds is 8. The molecule has 1 aliphatic heterocycles. The molecule has 1 aromatic rings. The first-order valence-electron chi connectivity index (χ1n) is 8.95. The summed E-state index contributed by atoms with van der Waals surface area (Å²) in [5, 5.41) is 2.82. The number of amides is 1. The SMILES string of the molecule is CC(C)C[C@H](N)C(=O)NCc1ccccc1CS(=O)(=O)N1CCOCC1. The highest BCUT2D eigenvalue weighted by Crippen LogP contribution is 2.16. The summed E-state index contributed by atoms with van der Waals surface area (Å²) in [7, 11) is -3.41. The molecule has 0 bridgehead atoms. The van der Waals surface area contributed by atoms with Gasteiger partial charge in [0.05, 0.1) is 25.0 Å². The number of nitrogens with two attached hydrogens (primary N) is 1. The Balaban J connectivity index is 2.02. The lowest BCUT2D eigenvalue weighted by molar-refractivity contribution is -0.122. The second-order valence-electron chi connectivity index (χ2n) is 6.99. The fourth-order valence-electron chi connectivity index (χ4n) is 2.91. The highest BCUT2D eigenvalue weighted by molar-refractivity contribution is 7.88. The molecule has 146 valence electrons. The summed E-state index contributed by atoms with van der Waals surface area (Å²) >= 11 is 0. The molecule has 3 N–H and O–H groups in total. The number of ether oxygens (including phenoxy) is 1. The number of nitrogens with zero attached hydrogens (tertiary/aromatic N) is 1. The summed E-state index contributed by atoms with van der Waals surface area (Å²) in [5.74, 6) is 0.0307. The van der Waals surface area contributed by atoms with E-state index in [2.05, 4.69) is 5.32 Å². The summed E-state index contributed by atoms with van der Waals surface area (Å²) in [6.45, 7) is 5.89. The minimum atomic E-state index is -3.41. The molecule has 1 amide bonds. The lowest BCUT2D eigenvalue weighted by Crippen LogP contribution is -2.42. The fraction of sp³-hybridized carbons (Fsp3) is 0.611. The fourth-order valence-corrected chi connectivity index (χ4v) is 4.47. The molecule has 8 heteroatoms. The zero-order valence-corrected chi connectivity index (χ0v) is 16.3. The van der Waals surface area contributed by atoms with E-state index in [4.69, 9.17) is 10.5 Å². The highest BCUT2D eigenvalue weighted by Gasteiger charge is 2.25. The molecular formula is C18H29N3O4S. The van der Waals surface area contributed by atoms with Gasteiger partial charge < -0.3 is 15.8 Å². The van der Waals surface area contributed by atoms with Gasteiger partial charge in [0.1, 0.15) is 0 Å². The van der Waals surface area contributed by atoms with Crippen molar-refractivity contribution in [2.75, 3.05) is 26.3 Å². The molecule has 1 aliphatic rings. The summed E-state index contributed by atoms with van der Waals surface area (Å²) in [5.41, 5.74) is 7.37. The van der Waals surface area contributed by atoms with Crippen LogP contribution in [0.5, 0.6) is 0 Å². The van der Waals surface area contributed by atoms with Gasteiger partial charge in [0.15, 0.2) is 0 Å². The van der Waals surface area contributed by atoms with Crippen LogP contribution in [0.3, 0.4) is 0 Å². The molecular weight excluding hydrogens is 354 g/mol. The average Bonchev–Trinajstić information content (AvgIpc) is 2.60. The first kappa shape index (κ1) is 20.8. The Morgan fingerprint density at radius 3 is 2.46 bits per heavy atom. The molecule has 0 aliphatic carbocycles. The van der Waals surface area contributed by atoms with Crippen molar-refractivity contribution in [2.24, 2.45) is 11.7 Å². The molecule has 7 nitrogen and oxygen atoms in total. The first-order valence-corrected chi connectivity index (χ1v) is 10.6. The molecule has 0 saturated carbocycles. The topological polar surface area (TPSA) is 102 Å². The molecule has 1 atom stereocenters. The van der Waals surface area contributed by atoms with E-state index in [1.165, 1.54) is 4.31 Å². The van der Waals surface area contributed by atoms with Gasteiger partial charge in [-0.25, -0.2) is 8.42 Å². The van der Waals surface area contributed by atoms with E-state index in [1.807, 2.05) is 26.0 Å². The van der Waals surface area contributed by atoms with Crippen LogP contribution in [0.1, 0.15) is 31.4 Å². The lowest BCUT2D eigenvalue weighted by atomic mass is 10.0. The van der Waals surface area contributed by atoms with E-state index in [1.54, 1.807) is 12.1 Å². The van der Waals surface area contributed by atoms with E-state index in [9.17, 15) is 13.2 Å². The number of hydrogen-bond donors (Lipinski definition) is 2. The minimum absolute atomic E-state index is 0.0862. The molecule has 0 radical (unpaired) electrons. The van der Waals surface area contributed by atoms with Gasteiger partial charge in [-0.1, -0.05) is 38.1 Å². The number of morpholine rings is 1. The predicted molar refractivity (Wildman–Crippen MR) is 101 cm³/mol. The number of benzene rings is 1. The van der Waals surface area contributed by atoms with Gasteiger partial charge in [-0.2, -0.15) is 4.31 Å². The quantitative estimate of drug-likeness (QED) is 0.693. The summed E-state index contributed by atoms with van der Waals surface area (Å²) in [6.07, 6.45) is 0.610. The van der Waals surface area contributed by atoms with Crippen LogP contribution in [-0.2, 0) is 31.9 Å². The Hall–Kier alpha value is -1.48. The predicted octanol–water partition coefficient (Wildman–Crippen LogP) is 0.838. The van der Waals surface area contributed by atoms with Gasteiger partial charge in [-0.3, -0.25) is 4.79 Å². The maximum absolute atomic E-state index is 12.6. The molecule has 0 aromatic heterocycles. The third kappa shape index (κ3) is 6.05. The second kappa shape index (κ2) is 9.45. The van der Waals surface area contributed by atoms with Crippen LogP contribution in [-0.4, -0.2) is 51.0 Å². The Kier molecular flexibility index (Phi) is 7.57. The maximum atomic E-state index is 12.6. The van der Waals surface area contributed by atoms with Gasteiger partial charge in [-0.05, 0) is 23.5 Å². The molecule has 0 unspecified atom stereocenters. The van der Waals surface area contributed by atoms with E-state index in [-0.39, 0.29) is 18.2 Å². The standard InChI is InChI=1S/C18H29N3O4S/c1-14(2)11-17(19)18(22)20-12-15-5-3-4-6-16(15)13-26(23,24)21-7-9-25-10-8-21/h3-6,14,17H,7-13,19H2,1-2H3,(H,20,22)/t17-/m0/s1. The van der Waals surface area contributed by atoms with E-state index >= 15 is 0 Å². The molecule has 26 heavy (non-hydrogen) atoms. The zero-order valence-electron chi connectivity index (χ0n) is 15.5. The van der Waals surface area contributed by atoms with Crippen molar-refractivity contribution in [3.63, 3.8) is 0 Å². The molecule has 1 aromatic carbocycles. The van der Waals surface area contributed by atoms with Crippen LogP contribution >= 0.6 is 0 Å². The molecule has 1 saturated heterocycles. The largest absolute Gasteiger partial charge is 0.379 e.